The van der Waals surface area contributed by atoms with Gasteiger partial charge in [-0.25, -0.2) is 19.7 Å². The van der Waals surface area contributed by atoms with Crippen molar-refractivity contribution in [1.29, 1.82) is 0 Å². The third-order valence-electron chi connectivity index (χ3n) is 10.3. The van der Waals surface area contributed by atoms with Crippen LogP contribution < -0.4 is 16.0 Å². The Kier molecular flexibility index (Phi) is 7.36. The lowest BCUT2D eigenvalue weighted by molar-refractivity contribution is -0.142. The van der Waals surface area contributed by atoms with Crippen LogP contribution in [0.4, 0.5) is 16.3 Å². The number of nitrogens with one attached hydrogen (secondary N) is 1. The normalized spacial score (nSPS) is 17.5. The number of aromatic nitrogens is 4. The molecule has 5 heterocycles. The number of benzene rings is 2. The van der Waals surface area contributed by atoms with Crippen molar-refractivity contribution in [3.63, 3.8) is 0 Å². The summed E-state index contributed by atoms with van der Waals surface area (Å²) < 4.78 is 7.63. The summed E-state index contributed by atoms with van der Waals surface area (Å²) in [4.78, 5) is 43.4. The fraction of sp³-hybridized carbons (Fsp3) is 0.359. The highest BCUT2D eigenvalue weighted by atomic mass is 16.6. The number of carbonyl (C=O) groups excluding carboxylic acids is 2. The van der Waals surface area contributed by atoms with Gasteiger partial charge in [0.2, 0.25) is 5.91 Å². The molecule has 256 valence electrons. The van der Waals surface area contributed by atoms with Crippen molar-refractivity contribution in [2.75, 3.05) is 36.8 Å². The molecular formula is C39H42N8O3. The smallest absolute Gasteiger partial charge is 0.408 e. The standard InChI is InChI=1S/C39H42N8O3/c1-25(48)45-21-38(22-45)23-46(24-38)29-9-5-8-26(20-29)31-15-16-32-35(42-31)47(34(43-32)30-10-6-19-41-33(30)40)28-13-11-27(12-14-28)39(17-7-18-39)44-36(49)50-37(2,3)4/h5-6,8-16,19-20H,7,17-18,21-24H2,1-4H3,(H2,40,41)(H,44,49). The number of pyridine rings is 2. The average molecular weight is 671 g/mol. The highest BCUT2D eigenvalue weighted by molar-refractivity contribution is 5.85. The molecular weight excluding hydrogens is 628 g/mol. The SMILES string of the molecule is CC(=O)N1CC2(C1)CN(c1cccc(-c3ccc4nc(-c5cccnc5N)n(-c5ccc(C6(NC(=O)OC(C)(C)C)CCC6)cc5)c4n3)c1)C2. The van der Waals surface area contributed by atoms with Gasteiger partial charge in [-0.15, -0.1) is 0 Å². The fourth-order valence-electron chi connectivity index (χ4n) is 7.59. The first-order chi connectivity index (χ1) is 23.9. The third-order valence-corrected chi connectivity index (χ3v) is 10.3. The number of nitrogens with zero attached hydrogens (tertiary/aromatic N) is 6. The van der Waals surface area contributed by atoms with Gasteiger partial charge in [-0.1, -0.05) is 24.3 Å². The Labute approximate surface area is 291 Å². The van der Waals surface area contributed by atoms with E-state index >= 15 is 0 Å². The average Bonchev–Trinajstić information content (AvgIpc) is 3.39. The number of imidazole rings is 1. The molecule has 2 saturated heterocycles. The molecule has 0 radical (unpaired) electrons. The number of rotatable bonds is 6. The van der Waals surface area contributed by atoms with Crippen LogP contribution in [0.2, 0.25) is 0 Å². The fourth-order valence-corrected chi connectivity index (χ4v) is 7.59. The number of hydrogen-bond acceptors (Lipinski definition) is 8. The number of alkyl carbamates (subject to hydrolysis) is 1. The van der Waals surface area contributed by atoms with Gasteiger partial charge in [0, 0.05) is 61.7 Å². The molecule has 11 heteroatoms. The Balaban J connectivity index is 1.13. The topological polar surface area (TPSA) is 132 Å². The van der Waals surface area contributed by atoms with Crippen LogP contribution in [0.25, 0.3) is 39.5 Å². The number of nitrogen functional groups attached to an aromatic ring is 1. The van der Waals surface area contributed by atoms with E-state index in [0.29, 0.717) is 22.9 Å². The maximum absolute atomic E-state index is 12.8. The van der Waals surface area contributed by atoms with Crippen LogP contribution in [0, 0.1) is 5.41 Å². The Bertz CT molecular complexity index is 2120. The molecule has 0 bridgehead atoms. The summed E-state index contributed by atoms with van der Waals surface area (Å²) in [5.41, 5.74) is 12.6. The van der Waals surface area contributed by atoms with Crippen molar-refractivity contribution in [3.05, 3.63) is 84.6 Å². The number of ether oxygens (including phenoxy) is 1. The van der Waals surface area contributed by atoms with E-state index in [4.69, 9.17) is 20.4 Å². The predicted octanol–water partition coefficient (Wildman–Crippen LogP) is 6.30. The number of fused-ring (bicyclic) bond motifs is 1. The maximum atomic E-state index is 12.8. The molecule has 50 heavy (non-hydrogen) atoms. The molecule has 3 N–H and O–H groups in total. The van der Waals surface area contributed by atoms with Gasteiger partial charge in [-0.2, -0.15) is 0 Å². The highest BCUT2D eigenvalue weighted by Crippen LogP contribution is 2.44. The summed E-state index contributed by atoms with van der Waals surface area (Å²) in [6.07, 6.45) is 3.98. The van der Waals surface area contributed by atoms with E-state index in [2.05, 4.69) is 51.6 Å². The monoisotopic (exact) mass is 670 g/mol. The Morgan fingerprint density at radius 3 is 2.32 bits per heavy atom. The van der Waals surface area contributed by atoms with E-state index in [1.807, 2.05) is 66.6 Å². The molecule has 1 saturated carbocycles. The minimum atomic E-state index is -0.577. The number of likely N-dealkylation sites (tertiary alicyclic amines) is 1. The molecule has 3 fully saturated rings. The van der Waals surface area contributed by atoms with Crippen LogP contribution >= 0.6 is 0 Å². The summed E-state index contributed by atoms with van der Waals surface area (Å²) in [7, 11) is 0. The lowest BCUT2D eigenvalue weighted by Gasteiger charge is -2.60. The summed E-state index contributed by atoms with van der Waals surface area (Å²) in [6, 6.07) is 24.5. The van der Waals surface area contributed by atoms with E-state index in [-0.39, 0.29) is 11.3 Å². The zero-order chi connectivity index (χ0) is 34.8. The first kappa shape index (κ1) is 31.8. The van der Waals surface area contributed by atoms with Crippen LogP contribution in [0.3, 0.4) is 0 Å². The number of nitrogens with two attached hydrogens (primary N) is 1. The van der Waals surface area contributed by atoms with Gasteiger partial charge in [-0.05, 0) is 94.1 Å². The van der Waals surface area contributed by atoms with Gasteiger partial charge >= 0.3 is 6.09 Å². The molecule has 11 nitrogen and oxygen atoms in total. The Hall–Kier alpha value is -5.45. The second-order valence-corrected chi connectivity index (χ2v) is 15.1. The minimum Gasteiger partial charge on any atom is -0.444 e. The summed E-state index contributed by atoms with van der Waals surface area (Å²) in [5, 5.41) is 3.16. The quantitative estimate of drug-likeness (QED) is 0.215. The molecule has 1 spiro atoms. The summed E-state index contributed by atoms with van der Waals surface area (Å²) in [5.74, 6) is 1.18. The number of hydrogen-bond donors (Lipinski definition) is 2. The maximum Gasteiger partial charge on any atom is 0.408 e. The van der Waals surface area contributed by atoms with E-state index in [1.54, 1.807) is 13.1 Å². The van der Waals surface area contributed by atoms with E-state index in [0.717, 1.165) is 79.2 Å². The van der Waals surface area contributed by atoms with Crippen molar-refractivity contribution >= 4 is 34.7 Å². The molecule has 2 aliphatic heterocycles. The van der Waals surface area contributed by atoms with Gasteiger partial charge in [0.1, 0.15) is 16.9 Å². The van der Waals surface area contributed by atoms with E-state index < -0.39 is 17.2 Å². The Morgan fingerprint density at radius 1 is 0.900 bits per heavy atom. The largest absolute Gasteiger partial charge is 0.444 e. The molecule has 5 aromatic rings. The first-order valence-corrected chi connectivity index (χ1v) is 17.2. The van der Waals surface area contributed by atoms with Crippen molar-refractivity contribution in [3.8, 4) is 28.3 Å². The second kappa shape index (κ2) is 11.6. The molecule has 0 atom stereocenters. The van der Waals surface area contributed by atoms with Crippen LogP contribution in [-0.2, 0) is 15.1 Å². The minimum absolute atomic E-state index is 0.152. The van der Waals surface area contributed by atoms with Gasteiger partial charge in [0.15, 0.2) is 11.5 Å². The van der Waals surface area contributed by atoms with Crippen molar-refractivity contribution in [2.24, 2.45) is 5.41 Å². The Morgan fingerprint density at radius 2 is 1.66 bits per heavy atom. The molecule has 2 aromatic carbocycles. The molecule has 3 aromatic heterocycles. The lowest BCUT2D eigenvalue weighted by Crippen LogP contribution is -2.72. The van der Waals surface area contributed by atoms with Gasteiger partial charge in [0.25, 0.3) is 0 Å². The molecule has 3 aliphatic rings. The van der Waals surface area contributed by atoms with Crippen molar-refractivity contribution in [1.82, 2.24) is 29.7 Å². The van der Waals surface area contributed by atoms with Gasteiger partial charge in [-0.3, -0.25) is 9.36 Å². The number of carbonyl (C=O) groups is 2. The molecule has 8 rings (SSSR count). The van der Waals surface area contributed by atoms with E-state index in [1.165, 1.54) is 0 Å². The third kappa shape index (κ3) is 5.60. The van der Waals surface area contributed by atoms with Crippen LogP contribution in [0.15, 0.2) is 79.0 Å². The highest BCUT2D eigenvalue weighted by Gasteiger charge is 2.52. The first-order valence-electron chi connectivity index (χ1n) is 17.2. The molecule has 2 amide bonds. The molecule has 0 unspecified atom stereocenters. The predicted molar refractivity (Wildman–Crippen MR) is 194 cm³/mol. The summed E-state index contributed by atoms with van der Waals surface area (Å²) in [6.45, 7) is 10.8. The van der Waals surface area contributed by atoms with Crippen LogP contribution in [0.5, 0.6) is 0 Å². The summed E-state index contributed by atoms with van der Waals surface area (Å²) >= 11 is 0. The lowest BCUT2D eigenvalue weighted by atomic mass is 9.72. The van der Waals surface area contributed by atoms with Crippen molar-refractivity contribution < 1.29 is 14.3 Å². The zero-order valence-electron chi connectivity index (χ0n) is 28.9. The van der Waals surface area contributed by atoms with Crippen LogP contribution in [0.1, 0.15) is 52.5 Å². The van der Waals surface area contributed by atoms with Crippen LogP contribution in [-0.4, -0.2) is 68.2 Å². The van der Waals surface area contributed by atoms with Gasteiger partial charge < -0.3 is 25.6 Å². The van der Waals surface area contributed by atoms with Gasteiger partial charge in [0.05, 0.1) is 16.8 Å². The number of anilines is 2. The second-order valence-electron chi connectivity index (χ2n) is 15.1. The van der Waals surface area contributed by atoms with E-state index in [9.17, 15) is 9.59 Å². The van der Waals surface area contributed by atoms with Crippen molar-refractivity contribution in [2.45, 2.75) is 58.1 Å². The molecule has 1 aliphatic carbocycles. The number of amides is 2. The zero-order valence-corrected chi connectivity index (χ0v) is 28.9.